The second-order valence-corrected chi connectivity index (χ2v) is 22.7. The van der Waals surface area contributed by atoms with Crippen molar-refractivity contribution < 1.29 is 38.1 Å². The van der Waals surface area contributed by atoms with Crippen LogP contribution < -0.4 is 10.2 Å². The summed E-state index contributed by atoms with van der Waals surface area (Å²) in [6.45, 7) is 9.36. The molecule has 2 rings (SSSR count). The Bertz CT molecular complexity index is 1190. The van der Waals surface area contributed by atoms with Gasteiger partial charge in [-0.1, -0.05) is 19.6 Å². The maximum absolute atomic E-state index is 12.8. The Morgan fingerprint density at radius 1 is 1.00 bits per heavy atom. The van der Waals surface area contributed by atoms with Gasteiger partial charge in [-0.25, -0.2) is 9.59 Å². The Hall–Kier alpha value is 0.107. The Morgan fingerprint density at radius 3 is 2.05 bits per heavy atom. The first-order valence-electron chi connectivity index (χ1n) is 11.2. The third-order valence-electron chi connectivity index (χ3n) is 4.66. The molecule has 0 radical (unpaired) electrons. The molecular weight excluding hydrogens is 985 g/mol. The molecule has 0 saturated carbocycles. The molecular formula is C23H28I4NO8PSi. The van der Waals surface area contributed by atoms with Gasteiger partial charge in [-0.15, -0.1) is 5.48 Å². The van der Waals surface area contributed by atoms with Gasteiger partial charge in [-0.3, -0.25) is 4.57 Å². The van der Waals surface area contributed by atoms with Crippen molar-refractivity contribution in [1.29, 1.82) is 0 Å². The molecule has 15 heteroatoms. The number of phenols is 1. The summed E-state index contributed by atoms with van der Waals surface area (Å²) in [6, 6.07) is 6.80. The zero-order valence-electron chi connectivity index (χ0n) is 21.3. The zero-order chi connectivity index (χ0) is 28.8. The minimum atomic E-state index is -3.14. The highest BCUT2D eigenvalue weighted by molar-refractivity contribution is 14.1. The maximum Gasteiger partial charge on any atom is 0.527 e. The van der Waals surface area contributed by atoms with Crippen LogP contribution in [0.15, 0.2) is 24.3 Å². The van der Waals surface area contributed by atoms with E-state index in [1.807, 2.05) is 57.3 Å². The van der Waals surface area contributed by atoms with Crippen molar-refractivity contribution in [2.75, 3.05) is 19.9 Å². The lowest BCUT2D eigenvalue weighted by Crippen LogP contribution is -2.41. The first-order valence-corrected chi connectivity index (χ1v) is 21.7. The van der Waals surface area contributed by atoms with E-state index in [0.717, 1.165) is 18.7 Å². The second kappa shape index (κ2) is 14.8. The number of halogens is 4. The van der Waals surface area contributed by atoms with Gasteiger partial charge in [0.05, 0.1) is 20.9 Å². The van der Waals surface area contributed by atoms with E-state index in [9.17, 15) is 19.3 Å². The summed E-state index contributed by atoms with van der Waals surface area (Å²) in [4.78, 5) is 29.8. The SMILES string of the molecule is C[Si](C)(C)CCOC(=O)ON[C@@H](Cc1cc(I)c(Oc2cc(I)c(O)c(I)c2)c(I)c1)C(=O)OP(C)(C)=O. The predicted molar refractivity (Wildman–Crippen MR) is 182 cm³/mol. The molecule has 0 bridgehead atoms. The normalized spacial score (nSPS) is 12.6. The van der Waals surface area contributed by atoms with Gasteiger partial charge in [0, 0.05) is 27.8 Å². The first-order chi connectivity index (χ1) is 17.4. The van der Waals surface area contributed by atoms with Crippen LogP contribution in [0.1, 0.15) is 5.56 Å². The van der Waals surface area contributed by atoms with Crippen molar-refractivity contribution in [2.45, 2.75) is 38.1 Å². The Balaban J connectivity index is 2.19. The fourth-order valence-corrected chi connectivity index (χ4v) is 7.93. The Kier molecular flexibility index (Phi) is 13.4. The number of carbonyl (C=O) groups is 2. The third-order valence-corrected chi connectivity index (χ3v) is 10.2. The van der Waals surface area contributed by atoms with Crippen molar-refractivity contribution in [3.05, 3.63) is 44.1 Å². The number of ether oxygens (including phenoxy) is 2. The van der Waals surface area contributed by atoms with Gasteiger partial charge in [0.15, 0.2) is 5.75 Å². The number of carbonyl (C=O) groups excluding carboxylic acids is 2. The molecule has 2 N–H and O–H groups in total. The van der Waals surface area contributed by atoms with Gasteiger partial charge in [0.2, 0.25) is 7.37 Å². The van der Waals surface area contributed by atoms with Gasteiger partial charge in [-0.05, 0) is 126 Å². The molecule has 2 aromatic carbocycles. The molecule has 0 amide bonds. The van der Waals surface area contributed by atoms with Crippen LogP contribution >= 0.6 is 97.7 Å². The van der Waals surface area contributed by atoms with Crippen LogP contribution in [0, 0.1) is 14.3 Å². The lowest BCUT2D eigenvalue weighted by atomic mass is 10.1. The van der Waals surface area contributed by atoms with Gasteiger partial charge < -0.3 is 23.9 Å². The molecule has 0 aromatic heterocycles. The van der Waals surface area contributed by atoms with Crippen molar-refractivity contribution in [1.82, 2.24) is 5.48 Å². The molecule has 0 unspecified atom stereocenters. The highest BCUT2D eigenvalue weighted by atomic mass is 127. The van der Waals surface area contributed by atoms with Gasteiger partial charge in [0.25, 0.3) is 0 Å². The number of aromatic hydroxyl groups is 1. The van der Waals surface area contributed by atoms with Gasteiger partial charge >= 0.3 is 12.1 Å². The van der Waals surface area contributed by atoms with E-state index in [2.05, 4.69) is 70.3 Å². The molecule has 9 nitrogen and oxygen atoms in total. The molecule has 0 aliphatic carbocycles. The zero-order valence-corrected chi connectivity index (χ0v) is 31.8. The summed E-state index contributed by atoms with van der Waals surface area (Å²) in [6.07, 6.45) is -0.870. The molecule has 0 aliphatic rings. The van der Waals surface area contributed by atoms with E-state index in [1.165, 1.54) is 13.3 Å². The number of hydrogen-bond donors (Lipinski definition) is 2. The molecule has 0 spiro atoms. The standard InChI is InChI=1S/C23H28I4NO8PSi/c1-37(2,32)36-22(30)19(28-35-23(31)33-6-7-38(3,4)5)10-13-8-17(26)21(18(27)9-13)34-14-11-15(24)20(29)16(25)12-14/h8-9,11-12,19,28-29H,6-7,10H2,1-5H3/t19-/m0/s1. The van der Waals surface area contributed by atoms with E-state index < -0.39 is 33.6 Å². The van der Waals surface area contributed by atoms with E-state index in [-0.39, 0.29) is 18.8 Å². The van der Waals surface area contributed by atoms with E-state index >= 15 is 0 Å². The highest BCUT2D eigenvalue weighted by Crippen LogP contribution is 2.39. The topological polar surface area (TPSA) is 120 Å². The Labute approximate surface area is 277 Å². The van der Waals surface area contributed by atoms with Crippen molar-refractivity contribution in [2.24, 2.45) is 0 Å². The fourth-order valence-electron chi connectivity index (χ4n) is 2.83. The average molecular weight is 1010 g/mol. The summed E-state index contributed by atoms with van der Waals surface area (Å²) < 4.78 is 31.3. The van der Waals surface area contributed by atoms with Crippen LogP contribution in [0.4, 0.5) is 4.79 Å². The summed E-state index contributed by atoms with van der Waals surface area (Å²) in [5.74, 6) is 0.584. The van der Waals surface area contributed by atoms with Crippen molar-refractivity contribution in [3.8, 4) is 17.2 Å². The largest absolute Gasteiger partial charge is 0.527 e. The molecule has 0 saturated heterocycles. The quantitative estimate of drug-likeness (QED) is 0.0772. The summed E-state index contributed by atoms with van der Waals surface area (Å²) in [7, 11) is -4.54. The number of nitrogens with one attached hydrogen (secondary N) is 1. The van der Waals surface area contributed by atoms with Crippen LogP contribution in [-0.4, -0.2) is 51.3 Å². The van der Waals surface area contributed by atoms with Crippen molar-refractivity contribution >= 4 is 118 Å². The van der Waals surface area contributed by atoms with Crippen LogP contribution in [0.25, 0.3) is 0 Å². The number of benzene rings is 2. The number of rotatable bonds is 11. The van der Waals surface area contributed by atoms with Crippen molar-refractivity contribution in [3.63, 3.8) is 0 Å². The molecule has 0 fully saturated rings. The minimum absolute atomic E-state index is 0.0856. The molecule has 38 heavy (non-hydrogen) atoms. The number of hydrogen-bond acceptors (Lipinski definition) is 9. The molecule has 210 valence electrons. The smallest absolute Gasteiger partial charge is 0.506 e. The lowest BCUT2D eigenvalue weighted by Gasteiger charge is -2.20. The monoisotopic (exact) mass is 1010 g/mol. The molecule has 0 aliphatic heterocycles. The summed E-state index contributed by atoms with van der Waals surface area (Å²) in [5, 5.41) is 10.0. The third kappa shape index (κ3) is 11.9. The molecule has 0 heterocycles. The van der Waals surface area contributed by atoms with E-state index in [1.54, 1.807) is 12.1 Å². The average Bonchev–Trinajstić information content (AvgIpc) is 2.75. The molecule has 1 atom stereocenters. The summed E-state index contributed by atoms with van der Waals surface area (Å²) >= 11 is 8.35. The lowest BCUT2D eigenvalue weighted by molar-refractivity contribution is -0.139. The van der Waals surface area contributed by atoms with Crippen LogP contribution in [0.2, 0.25) is 25.7 Å². The predicted octanol–water partition coefficient (Wildman–Crippen LogP) is 7.59. The van der Waals surface area contributed by atoms with E-state index in [4.69, 9.17) is 18.8 Å². The Morgan fingerprint density at radius 2 is 1.55 bits per heavy atom. The van der Waals surface area contributed by atoms with Gasteiger partial charge in [0.1, 0.15) is 17.5 Å². The minimum Gasteiger partial charge on any atom is -0.506 e. The van der Waals surface area contributed by atoms with Crippen LogP contribution in [0.3, 0.4) is 0 Å². The first kappa shape index (κ1) is 34.3. The fraction of sp³-hybridized carbons (Fsp3) is 0.391. The number of phenolic OH excluding ortho intramolecular Hbond substituents is 1. The van der Waals surface area contributed by atoms with Crippen LogP contribution in [0.5, 0.6) is 17.2 Å². The highest BCUT2D eigenvalue weighted by Gasteiger charge is 2.27. The van der Waals surface area contributed by atoms with E-state index in [0.29, 0.717) is 18.6 Å². The van der Waals surface area contributed by atoms with Gasteiger partial charge in [-0.2, -0.15) is 0 Å². The molecule has 2 aromatic rings. The number of hydroxylamine groups is 1. The summed E-state index contributed by atoms with van der Waals surface area (Å²) in [5.41, 5.74) is 3.16. The van der Waals surface area contributed by atoms with Crippen LogP contribution in [-0.2, 0) is 29.9 Å². The second-order valence-electron chi connectivity index (χ2n) is 9.77. The maximum atomic E-state index is 12.8.